The van der Waals surface area contributed by atoms with Crippen LogP contribution in [0.3, 0.4) is 0 Å². The van der Waals surface area contributed by atoms with Crippen molar-refractivity contribution < 1.29 is 5.11 Å². The van der Waals surface area contributed by atoms with Crippen molar-refractivity contribution in [1.29, 1.82) is 0 Å². The summed E-state index contributed by atoms with van der Waals surface area (Å²) in [6.07, 6.45) is 4.42. The third kappa shape index (κ3) is 2.27. The van der Waals surface area contributed by atoms with E-state index in [0.717, 1.165) is 39.0 Å². The number of rotatable bonds is 2. The molecule has 1 aliphatic carbocycles. The minimum atomic E-state index is -0.369. The molecule has 0 aromatic heterocycles. The summed E-state index contributed by atoms with van der Waals surface area (Å²) in [6, 6.07) is 0.577. The third-order valence-corrected chi connectivity index (χ3v) is 3.67. The fourth-order valence-corrected chi connectivity index (χ4v) is 2.69. The molecule has 0 spiro atoms. The van der Waals surface area contributed by atoms with E-state index in [-0.39, 0.29) is 5.60 Å². The SMILES string of the molecule is C[C@H]1CNCCN1CC1(O)CCCC1. The van der Waals surface area contributed by atoms with Crippen molar-refractivity contribution in [1.82, 2.24) is 10.2 Å². The fourth-order valence-electron chi connectivity index (χ4n) is 2.69. The molecule has 0 aromatic carbocycles. The summed E-state index contributed by atoms with van der Waals surface area (Å²) in [5.41, 5.74) is -0.369. The van der Waals surface area contributed by atoms with Crippen LogP contribution in [0.25, 0.3) is 0 Å². The van der Waals surface area contributed by atoms with Crippen molar-refractivity contribution in [2.45, 2.75) is 44.2 Å². The van der Waals surface area contributed by atoms with Crippen LogP contribution >= 0.6 is 0 Å². The number of β-amino-alcohol motifs (C(OH)–C–C–N with tert-alkyl or cyclic N) is 1. The summed E-state index contributed by atoms with van der Waals surface area (Å²) in [5.74, 6) is 0. The van der Waals surface area contributed by atoms with Crippen LogP contribution in [0, 0.1) is 0 Å². The second-order valence-electron chi connectivity index (χ2n) is 4.96. The first-order valence-electron chi connectivity index (χ1n) is 5.87. The van der Waals surface area contributed by atoms with Crippen molar-refractivity contribution in [3.63, 3.8) is 0 Å². The molecule has 1 saturated heterocycles. The lowest BCUT2D eigenvalue weighted by Crippen LogP contribution is -2.54. The van der Waals surface area contributed by atoms with Crippen molar-refractivity contribution in [2.75, 3.05) is 26.2 Å². The van der Waals surface area contributed by atoms with E-state index < -0.39 is 0 Å². The maximum atomic E-state index is 10.3. The molecule has 1 atom stereocenters. The molecule has 3 heteroatoms. The van der Waals surface area contributed by atoms with Crippen LogP contribution in [-0.4, -0.2) is 47.8 Å². The molecule has 14 heavy (non-hydrogen) atoms. The van der Waals surface area contributed by atoms with Crippen LogP contribution in [0.2, 0.25) is 0 Å². The van der Waals surface area contributed by atoms with Gasteiger partial charge < -0.3 is 10.4 Å². The largest absolute Gasteiger partial charge is 0.389 e. The highest BCUT2D eigenvalue weighted by Gasteiger charge is 2.34. The van der Waals surface area contributed by atoms with Gasteiger partial charge in [-0.2, -0.15) is 0 Å². The maximum absolute atomic E-state index is 10.3. The van der Waals surface area contributed by atoms with E-state index >= 15 is 0 Å². The monoisotopic (exact) mass is 198 g/mol. The molecule has 1 heterocycles. The molecule has 2 rings (SSSR count). The Bertz CT molecular complexity index is 190. The molecule has 1 saturated carbocycles. The third-order valence-electron chi connectivity index (χ3n) is 3.67. The normalized spacial score (nSPS) is 33.4. The number of nitrogens with zero attached hydrogens (tertiary/aromatic N) is 1. The molecule has 2 N–H and O–H groups in total. The van der Waals surface area contributed by atoms with Crippen LogP contribution in [0.1, 0.15) is 32.6 Å². The van der Waals surface area contributed by atoms with Gasteiger partial charge >= 0.3 is 0 Å². The van der Waals surface area contributed by atoms with Gasteiger partial charge in [-0.05, 0) is 19.8 Å². The maximum Gasteiger partial charge on any atom is 0.0774 e. The zero-order valence-corrected chi connectivity index (χ0v) is 9.13. The van der Waals surface area contributed by atoms with Gasteiger partial charge in [0.05, 0.1) is 5.60 Å². The van der Waals surface area contributed by atoms with Crippen molar-refractivity contribution in [3.8, 4) is 0 Å². The molecule has 0 amide bonds. The average Bonchev–Trinajstić information content (AvgIpc) is 2.57. The van der Waals surface area contributed by atoms with Crippen LogP contribution in [-0.2, 0) is 0 Å². The van der Waals surface area contributed by atoms with Gasteiger partial charge in [-0.25, -0.2) is 0 Å². The highest BCUT2D eigenvalue weighted by Crippen LogP contribution is 2.30. The van der Waals surface area contributed by atoms with E-state index in [9.17, 15) is 5.11 Å². The summed E-state index contributed by atoms with van der Waals surface area (Å²) >= 11 is 0. The lowest BCUT2D eigenvalue weighted by Gasteiger charge is -2.38. The molecule has 82 valence electrons. The molecular formula is C11H22N2O. The lowest BCUT2D eigenvalue weighted by molar-refractivity contribution is -0.00623. The minimum Gasteiger partial charge on any atom is -0.389 e. The fraction of sp³-hybridized carbons (Fsp3) is 1.00. The second-order valence-corrected chi connectivity index (χ2v) is 4.96. The highest BCUT2D eigenvalue weighted by molar-refractivity contribution is 4.90. The van der Waals surface area contributed by atoms with E-state index in [2.05, 4.69) is 17.1 Å². The number of nitrogens with one attached hydrogen (secondary N) is 1. The van der Waals surface area contributed by atoms with E-state index in [1.807, 2.05) is 0 Å². The van der Waals surface area contributed by atoms with E-state index in [1.165, 1.54) is 12.8 Å². The first-order valence-corrected chi connectivity index (χ1v) is 5.87. The average molecular weight is 198 g/mol. The van der Waals surface area contributed by atoms with Gasteiger partial charge in [-0.15, -0.1) is 0 Å². The zero-order chi connectivity index (χ0) is 10.0. The van der Waals surface area contributed by atoms with Gasteiger partial charge in [0.2, 0.25) is 0 Å². The van der Waals surface area contributed by atoms with E-state index in [1.54, 1.807) is 0 Å². The molecule has 1 aliphatic heterocycles. The molecule has 0 bridgehead atoms. The molecule has 0 unspecified atom stereocenters. The quantitative estimate of drug-likeness (QED) is 0.681. The second kappa shape index (κ2) is 4.17. The van der Waals surface area contributed by atoms with Crippen LogP contribution < -0.4 is 5.32 Å². The van der Waals surface area contributed by atoms with Crippen molar-refractivity contribution >= 4 is 0 Å². The molecular weight excluding hydrogens is 176 g/mol. The van der Waals surface area contributed by atoms with Crippen molar-refractivity contribution in [3.05, 3.63) is 0 Å². The Morgan fingerprint density at radius 2 is 2.14 bits per heavy atom. The molecule has 2 aliphatic rings. The van der Waals surface area contributed by atoms with Gasteiger partial charge in [-0.1, -0.05) is 12.8 Å². The Morgan fingerprint density at radius 1 is 1.43 bits per heavy atom. The van der Waals surface area contributed by atoms with Gasteiger partial charge in [0.25, 0.3) is 0 Å². The Kier molecular flexibility index (Phi) is 3.10. The predicted octanol–water partition coefficient (Wildman–Crippen LogP) is 0.585. The van der Waals surface area contributed by atoms with E-state index in [4.69, 9.17) is 0 Å². The van der Waals surface area contributed by atoms with Gasteiger partial charge in [-0.3, -0.25) is 4.90 Å². The summed E-state index contributed by atoms with van der Waals surface area (Å²) in [5, 5.41) is 13.7. The highest BCUT2D eigenvalue weighted by atomic mass is 16.3. The Balaban J connectivity index is 1.88. The van der Waals surface area contributed by atoms with Crippen LogP contribution in [0.5, 0.6) is 0 Å². The number of aliphatic hydroxyl groups is 1. The number of hydrogen-bond donors (Lipinski definition) is 2. The first kappa shape index (κ1) is 10.4. The Hall–Kier alpha value is -0.120. The first-order chi connectivity index (χ1) is 6.70. The van der Waals surface area contributed by atoms with Crippen LogP contribution in [0.15, 0.2) is 0 Å². The zero-order valence-electron chi connectivity index (χ0n) is 9.13. The van der Waals surface area contributed by atoms with Gasteiger partial charge in [0, 0.05) is 32.2 Å². The molecule has 0 radical (unpaired) electrons. The smallest absolute Gasteiger partial charge is 0.0774 e. The summed E-state index contributed by atoms with van der Waals surface area (Å²) in [4.78, 5) is 2.43. The van der Waals surface area contributed by atoms with Crippen molar-refractivity contribution in [2.24, 2.45) is 0 Å². The number of piperazine rings is 1. The lowest BCUT2D eigenvalue weighted by atomic mass is 10.0. The minimum absolute atomic E-state index is 0.369. The summed E-state index contributed by atoms with van der Waals surface area (Å²) < 4.78 is 0. The summed E-state index contributed by atoms with van der Waals surface area (Å²) in [7, 11) is 0. The molecule has 3 nitrogen and oxygen atoms in total. The van der Waals surface area contributed by atoms with Gasteiger partial charge in [0.15, 0.2) is 0 Å². The molecule has 2 fully saturated rings. The molecule has 0 aromatic rings. The topological polar surface area (TPSA) is 35.5 Å². The van der Waals surface area contributed by atoms with E-state index in [0.29, 0.717) is 6.04 Å². The predicted molar refractivity (Wildman–Crippen MR) is 57.3 cm³/mol. The Labute approximate surface area is 86.5 Å². The Morgan fingerprint density at radius 3 is 2.79 bits per heavy atom. The standard InChI is InChI=1S/C11H22N2O/c1-10-8-12-6-7-13(10)9-11(14)4-2-3-5-11/h10,12,14H,2-9H2,1H3/t10-/m0/s1. The summed E-state index contributed by atoms with van der Waals surface area (Å²) in [6.45, 7) is 6.35. The van der Waals surface area contributed by atoms with Gasteiger partial charge in [0.1, 0.15) is 0 Å². The van der Waals surface area contributed by atoms with Crippen LogP contribution in [0.4, 0.5) is 0 Å². The number of hydrogen-bond acceptors (Lipinski definition) is 3.